The van der Waals surface area contributed by atoms with Gasteiger partial charge in [-0.05, 0) is 24.3 Å². The molecule has 124 valence electrons. The third-order valence-electron chi connectivity index (χ3n) is 3.38. The third-order valence-corrected chi connectivity index (χ3v) is 5.76. The minimum Gasteiger partial charge on any atom is -0.302 e. The number of hydrogen-bond donors (Lipinski definition) is 1. The summed E-state index contributed by atoms with van der Waals surface area (Å²) in [5.74, 6) is 0. The number of rotatable bonds is 4. The Hall–Kier alpha value is -2.72. The molecule has 1 heterocycles. The van der Waals surface area contributed by atoms with Crippen LogP contribution in [0.3, 0.4) is 0 Å². The highest BCUT2D eigenvalue weighted by Crippen LogP contribution is 2.24. The zero-order chi connectivity index (χ0) is 17.5. The third kappa shape index (κ3) is 2.88. The number of benzene rings is 2. The van der Waals surface area contributed by atoms with E-state index in [1.807, 2.05) is 0 Å². The molecular formula is C14H11N3O5S2. The average molecular weight is 365 g/mol. The van der Waals surface area contributed by atoms with Gasteiger partial charge in [0.05, 0.1) is 25.7 Å². The molecule has 0 saturated heterocycles. The van der Waals surface area contributed by atoms with E-state index >= 15 is 0 Å². The van der Waals surface area contributed by atoms with Crippen molar-refractivity contribution in [3.8, 4) is 0 Å². The van der Waals surface area contributed by atoms with Gasteiger partial charge in [0, 0.05) is 19.2 Å². The van der Waals surface area contributed by atoms with E-state index in [1.165, 1.54) is 28.8 Å². The number of aryl methyl sites for hydroxylation is 1. The lowest BCUT2D eigenvalue weighted by atomic mass is 10.3. The van der Waals surface area contributed by atoms with Crippen LogP contribution in [0.25, 0.3) is 10.2 Å². The van der Waals surface area contributed by atoms with E-state index in [0.29, 0.717) is 10.2 Å². The van der Waals surface area contributed by atoms with Gasteiger partial charge < -0.3 is 4.57 Å². The van der Waals surface area contributed by atoms with Gasteiger partial charge in [-0.15, -0.1) is 0 Å². The maximum absolute atomic E-state index is 12.4. The fourth-order valence-corrected chi connectivity index (χ4v) is 4.18. The zero-order valence-electron chi connectivity index (χ0n) is 12.3. The Morgan fingerprint density at radius 2 is 1.96 bits per heavy atom. The molecule has 0 aliphatic rings. The van der Waals surface area contributed by atoms with E-state index < -0.39 is 14.9 Å². The van der Waals surface area contributed by atoms with Crippen molar-refractivity contribution in [2.24, 2.45) is 7.05 Å². The number of sulfonamides is 1. The Balaban J connectivity index is 1.99. The molecule has 8 nitrogen and oxygen atoms in total. The molecule has 0 saturated carbocycles. The first-order valence-electron chi connectivity index (χ1n) is 6.65. The molecule has 3 aromatic rings. The van der Waals surface area contributed by atoms with Gasteiger partial charge in [0.25, 0.3) is 15.7 Å². The van der Waals surface area contributed by atoms with Gasteiger partial charge >= 0.3 is 4.87 Å². The van der Waals surface area contributed by atoms with E-state index in [4.69, 9.17) is 0 Å². The monoisotopic (exact) mass is 365 g/mol. The van der Waals surface area contributed by atoms with Crippen molar-refractivity contribution in [2.75, 3.05) is 4.72 Å². The molecule has 0 radical (unpaired) electrons. The summed E-state index contributed by atoms with van der Waals surface area (Å²) in [6.45, 7) is 0. The number of aromatic nitrogens is 1. The predicted octanol–water partition coefficient (Wildman–Crippen LogP) is 2.31. The summed E-state index contributed by atoms with van der Waals surface area (Å²) in [6.07, 6.45) is 0. The minimum absolute atomic E-state index is 0.149. The summed E-state index contributed by atoms with van der Waals surface area (Å²) < 4.78 is 29.3. The molecule has 10 heteroatoms. The number of thiazole rings is 1. The van der Waals surface area contributed by atoms with Gasteiger partial charge in [0.2, 0.25) is 0 Å². The van der Waals surface area contributed by atoms with Crippen molar-refractivity contribution in [2.45, 2.75) is 4.90 Å². The van der Waals surface area contributed by atoms with Crippen LogP contribution in [0, 0.1) is 10.1 Å². The first kappa shape index (κ1) is 16.1. The van der Waals surface area contributed by atoms with Gasteiger partial charge in [-0.25, -0.2) is 8.42 Å². The Kier molecular flexibility index (Phi) is 3.85. The number of nitro benzene ring substituents is 1. The average Bonchev–Trinajstić information content (AvgIpc) is 2.81. The van der Waals surface area contributed by atoms with Crippen molar-refractivity contribution < 1.29 is 13.3 Å². The van der Waals surface area contributed by atoms with Crippen LogP contribution < -0.4 is 9.60 Å². The van der Waals surface area contributed by atoms with Gasteiger partial charge in [-0.2, -0.15) is 0 Å². The molecule has 24 heavy (non-hydrogen) atoms. The van der Waals surface area contributed by atoms with Crippen LogP contribution in [-0.2, 0) is 17.1 Å². The maximum atomic E-state index is 12.4. The molecule has 0 spiro atoms. The summed E-state index contributed by atoms with van der Waals surface area (Å²) in [7, 11) is -2.34. The van der Waals surface area contributed by atoms with E-state index in [9.17, 15) is 23.3 Å². The van der Waals surface area contributed by atoms with Crippen LogP contribution in [0.5, 0.6) is 0 Å². The largest absolute Gasteiger partial charge is 0.307 e. The fraction of sp³-hybridized carbons (Fsp3) is 0.0714. The first-order valence-corrected chi connectivity index (χ1v) is 8.95. The maximum Gasteiger partial charge on any atom is 0.307 e. The lowest BCUT2D eigenvalue weighted by molar-refractivity contribution is -0.385. The highest BCUT2D eigenvalue weighted by atomic mass is 32.2. The molecule has 0 unspecified atom stereocenters. The second-order valence-corrected chi connectivity index (χ2v) is 7.65. The number of hydrogen-bond acceptors (Lipinski definition) is 6. The van der Waals surface area contributed by atoms with Crippen molar-refractivity contribution in [3.05, 3.63) is 62.2 Å². The Bertz CT molecular complexity index is 1110. The van der Waals surface area contributed by atoms with E-state index in [0.717, 1.165) is 17.4 Å². The molecule has 0 atom stereocenters. The lowest BCUT2D eigenvalue weighted by Crippen LogP contribution is -2.13. The molecule has 0 bridgehead atoms. The molecule has 0 amide bonds. The Morgan fingerprint density at radius 3 is 2.67 bits per heavy atom. The van der Waals surface area contributed by atoms with Crippen LogP contribution in [-0.4, -0.2) is 17.9 Å². The lowest BCUT2D eigenvalue weighted by Gasteiger charge is -2.08. The fourth-order valence-electron chi connectivity index (χ4n) is 2.18. The van der Waals surface area contributed by atoms with Crippen molar-refractivity contribution in [1.82, 2.24) is 4.57 Å². The normalized spacial score (nSPS) is 11.5. The van der Waals surface area contributed by atoms with Crippen molar-refractivity contribution in [1.29, 1.82) is 0 Å². The minimum atomic E-state index is -3.98. The zero-order valence-corrected chi connectivity index (χ0v) is 13.9. The second kappa shape index (κ2) is 5.73. The number of nitrogens with one attached hydrogen (secondary N) is 1. The van der Waals surface area contributed by atoms with E-state index in [1.54, 1.807) is 19.2 Å². The molecule has 0 aliphatic heterocycles. The summed E-state index contributed by atoms with van der Waals surface area (Å²) in [4.78, 5) is 21.4. The SMILES string of the molecule is Cn1c(=O)sc2cc(NS(=O)(=O)c3cccc([N+](=O)[O-])c3)ccc21. The van der Waals surface area contributed by atoms with Gasteiger partial charge in [0.15, 0.2) is 0 Å². The molecule has 1 aromatic heterocycles. The van der Waals surface area contributed by atoms with E-state index in [2.05, 4.69) is 4.72 Å². The van der Waals surface area contributed by atoms with E-state index in [-0.39, 0.29) is 21.1 Å². The predicted molar refractivity (Wildman–Crippen MR) is 91.0 cm³/mol. The number of non-ortho nitro benzene ring substituents is 1. The topological polar surface area (TPSA) is 111 Å². The van der Waals surface area contributed by atoms with Crippen molar-refractivity contribution >= 4 is 43.0 Å². The number of anilines is 1. The van der Waals surface area contributed by atoms with Gasteiger partial charge in [-0.1, -0.05) is 17.4 Å². The van der Waals surface area contributed by atoms with Crippen LogP contribution >= 0.6 is 11.3 Å². The van der Waals surface area contributed by atoms with Crippen LogP contribution in [0.4, 0.5) is 11.4 Å². The van der Waals surface area contributed by atoms with Crippen molar-refractivity contribution in [3.63, 3.8) is 0 Å². The van der Waals surface area contributed by atoms with Crippen LogP contribution in [0.1, 0.15) is 0 Å². The first-order chi connectivity index (χ1) is 11.3. The second-order valence-electron chi connectivity index (χ2n) is 4.97. The molecular weight excluding hydrogens is 354 g/mol. The number of fused-ring (bicyclic) bond motifs is 1. The smallest absolute Gasteiger partial charge is 0.302 e. The molecule has 1 N–H and O–H groups in total. The summed E-state index contributed by atoms with van der Waals surface area (Å²) in [5.41, 5.74) is 0.661. The van der Waals surface area contributed by atoms with Gasteiger partial charge in [0.1, 0.15) is 0 Å². The van der Waals surface area contributed by atoms with Gasteiger partial charge in [-0.3, -0.25) is 19.6 Å². The molecule has 0 fully saturated rings. The summed E-state index contributed by atoms with van der Waals surface area (Å²) >= 11 is 1.00. The Labute approximate surface area is 140 Å². The molecule has 0 aliphatic carbocycles. The summed E-state index contributed by atoms with van der Waals surface area (Å²) in [6, 6.07) is 9.50. The quantitative estimate of drug-likeness (QED) is 0.563. The molecule has 3 rings (SSSR count). The molecule has 2 aromatic carbocycles. The number of nitrogens with zero attached hydrogens (tertiary/aromatic N) is 2. The standard InChI is InChI=1S/C14H11N3O5S2/c1-16-12-6-5-9(7-13(12)23-14(16)18)15-24(21,22)11-4-2-3-10(8-11)17(19)20/h2-8,15H,1H3. The Morgan fingerprint density at radius 1 is 1.21 bits per heavy atom. The highest BCUT2D eigenvalue weighted by Gasteiger charge is 2.18. The summed E-state index contributed by atoms with van der Waals surface area (Å²) in [5, 5.41) is 10.8. The highest BCUT2D eigenvalue weighted by molar-refractivity contribution is 7.92. The van der Waals surface area contributed by atoms with Crippen LogP contribution in [0.15, 0.2) is 52.2 Å². The van der Waals surface area contributed by atoms with Crippen LogP contribution in [0.2, 0.25) is 0 Å². The number of nitro groups is 1.